The number of aromatic nitrogens is 1. The van der Waals surface area contributed by atoms with E-state index in [1.165, 1.54) is 0 Å². The summed E-state index contributed by atoms with van der Waals surface area (Å²) in [6, 6.07) is 3.43. The van der Waals surface area contributed by atoms with Crippen LogP contribution in [-0.4, -0.2) is 22.3 Å². The molecule has 1 aliphatic carbocycles. The van der Waals surface area contributed by atoms with Crippen molar-refractivity contribution in [3.63, 3.8) is 0 Å². The zero-order valence-electron chi connectivity index (χ0n) is 8.14. The molecule has 0 aliphatic heterocycles. The van der Waals surface area contributed by atoms with E-state index in [9.17, 15) is 4.79 Å². The highest BCUT2D eigenvalue weighted by atomic mass is 16.5. The third-order valence-electron chi connectivity index (χ3n) is 2.07. The van der Waals surface area contributed by atoms with Gasteiger partial charge in [-0.3, -0.25) is 5.32 Å². The molecular formula is C10H12N2O3. The second-order valence-electron chi connectivity index (χ2n) is 3.49. The van der Waals surface area contributed by atoms with Gasteiger partial charge in [-0.2, -0.15) is 0 Å². The van der Waals surface area contributed by atoms with Gasteiger partial charge in [-0.15, -0.1) is 0 Å². The van der Waals surface area contributed by atoms with Crippen molar-refractivity contribution in [3.05, 3.63) is 23.9 Å². The second-order valence-corrected chi connectivity index (χ2v) is 3.49. The van der Waals surface area contributed by atoms with Crippen molar-refractivity contribution in [1.82, 2.24) is 4.98 Å². The fourth-order valence-electron chi connectivity index (χ4n) is 1.14. The Hall–Kier alpha value is -1.62. The third kappa shape index (κ3) is 3.21. The minimum absolute atomic E-state index is 0.331. The van der Waals surface area contributed by atoms with Crippen LogP contribution in [0.3, 0.4) is 0 Å². The monoisotopic (exact) mass is 208 g/mol. The Bertz CT molecular complexity index is 346. The van der Waals surface area contributed by atoms with Crippen molar-refractivity contribution in [2.24, 2.45) is 0 Å². The molecule has 1 amide bonds. The van der Waals surface area contributed by atoms with E-state index in [-0.39, 0.29) is 0 Å². The molecule has 5 heteroatoms. The molecular weight excluding hydrogens is 196 g/mol. The first kappa shape index (κ1) is 9.92. The van der Waals surface area contributed by atoms with Gasteiger partial charge in [0.15, 0.2) is 0 Å². The van der Waals surface area contributed by atoms with Crippen molar-refractivity contribution in [3.8, 4) is 0 Å². The Morgan fingerprint density at radius 3 is 2.93 bits per heavy atom. The van der Waals surface area contributed by atoms with Crippen LogP contribution >= 0.6 is 0 Å². The van der Waals surface area contributed by atoms with Crippen molar-refractivity contribution < 1.29 is 14.6 Å². The van der Waals surface area contributed by atoms with Crippen LogP contribution in [0.25, 0.3) is 0 Å². The van der Waals surface area contributed by atoms with E-state index in [0.717, 1.165) is 18.4 Å². The normalized spacial score (nSPS) is 14.9. The Morgan fingerprint density at radius 2 is 2.40 bits per heavy atom. The van der Waals surface area contributed by atoms with Crippen molar-refractivity contribution >= 4 is 11.9 Å². The van der Waals surface area contributed by atoms with Crippen LogP contribution in [0.15, 0.2) is 18.3 Å². The maximum atomic E-state index is 10.3. The zero-order valence-corrected chi connectivity index (χ0v) is 8.14. The van der Waals surface area contributed by atoms with Gasteiger partial charge in [0.1, 0.15) is 5.82 Å². The van der Waals surface area contributed by atoms with Crippen molar-refractivity contribution in [1.29, 1.82) is 0 Å². The minimum atomic E-state index is -1.11. The lowest BCUT2D eigenvalue weighted by molar-refractivity contribution is 0.106. The van der Waals surface area contributed by atoms with Gasteiger partial charge in [-0.05, 0) is 24.5 Å². The SMILES string of the molecule is O=C(O)Nc1ccc(COC2CC2)cn1. The summed E-state index contributed by atoms with van der Waals surface area (Å²) in [5.74, 6) is 0.331. The Morgan fingerprint density at radius 1 is 1.60 bits per heavy atom. The number of carboxylic acid groups (broad SMARTS) is 1. The van der Waals surface area contributed by atoms with Gasteiger partial charge in [0.05, 0.1) is 12.7 Å². The number of rotatable bonds is 4. The van der Waals surface area contributed by atoms with E-state index in [2.05, 4.69) is 10.3 Å². The van der Waals surface area contributed by atoms with Crippen LogP contribution in [0, 0.1) is 0 Å². The predicted molar refractivity (Wildman–Crippen MR) is 53.7 cm³/mol. The van der Waals surface area contributed by atoms with Crippen molar-refractivity contribution in [2.45, 2.75) is 25.6 Å². The molecule has 0 radical (unpaired) electrons. The van der Waals surface area contributed by atoms with Crippen LogP contribution < -0.4 is 5.32 Å². The summed E-state index contributed by atoms with van der Waals surface area (Å²) in [4.78, 5) is 14.2. The molecule has 0 unspecified atom stereocenters. The summed E-state index contributed by atoms with van der Waals surface area (Å²) < 4.78 is 5.48. The average molecular weight is 208 g/mol. The standard InChI is InChI=1S/C10H12N2O3/c13-10(14)12-9-4-1-7(5-11-9)6-15-8-2-3-8/h1,4-5,8H,2-3,6H2,(H,11,12)(H,13,14). The number of nitrogens with zero attached hydrogens (tertiary/aromatic N) is 1. The highest BCUT2D eigenvalue weighted by Gasteiger charge is 2.21. The average Bonchev–Trinajstić information content (AvgIpc) is 2.99. The van der Waals surface area contributed by atoms with Crippen LogP contribution in [0.2, 0.25) is 0 Å². The molecule has 1 aromatic heterocycles. The molecule has 0 spiro atoms. The van der Waals surface area contributed by atoms with Crippen LogP contribution in [0.4, 0.5) is 10.6 Å². The van der Waals surface area contributed by atoms with Crippen LogP contribution in [0.5, 0.6) is 0 Å². The number of hydrogen-bond donors (Lipinski definition) is 2. The largest absolute Gasteiger partial charge is 0.465 e. The molecule has 0 atom stereocenters. The van der Waals surface area contributed by atoms with Gasteiger partial charge in [0.25, 0.3) is 0 Å². The molecule has 15 heavy (non-hydrogen) atoms. The molecule has 1 fully saturated rings. The lowest BCUT2D eigenvalue weighted by Gasteiger charge is -2.03. The lowest BCUT2D eigenvalue weighted by atomic mass is 10.3. The molecule has 0 aromatic carbocycles. The number of anilines is 1. The second kappa shape index (κ2) is 4.27. The molecule has 0 saturated heterocycles. The molecule has 1 saturated carbocycles. The topological polar surface area (TPSA) is 71.5 Å². The first-order chi connectivity index (χ1) is 7.24. The first-order valence-corrected chi connectivity index (χ1v) is 4.80. The number of pyridine rings is 1. The van der Waals surface area contributed by atoms with Crippen molar-refractivity contribution in [2.75, 3.05) is 5.32 Å². The molecule has 5 nitrogen and oxygen atoms in total. The van der Waals surface area contributed by atoms with Crippen LogP contribution in [0.1, 0.15) is 18.4 Å². The maximum Gasteiger partial charge on any atom is 0.410 e. The number of hydrogen-bond acceptors (Lipinski definition) is 3. The summed E-state index contributed by atoms with van der Waals surface area (Å²) in [6.07, 6.45) is 3.22. The van der Waals surface area contributed by atoms with E-state index in [1.54, 1.807) is 18.3 Å². The summed E-state index contributed by atoms with van der Waals surface area (Å²) in [5, 5.41) is 10.6. The summed E-state index contributed by atoms with van der Waals surface area (Å²) >= 11 is 0. The van der Waals surface area contributed by atoms with Crippen LogP contribution in [-0.2, 0) is 11.3 Å². The van der Waals surface area contributed by atoms with Gasteiger partial charge in [0.2, 0.25) is 0 Å². The van der Waals surface area contributed by atoms with Gasteiger partial charge in [0, 0.05) is 6.20 Å². The Balaban J connectivity index is 1.87. The Kier molecular flexibility index (Phi) is 2.82. The fraction of sp³-hybridized carbons (Fsp3) is 0.400. The summed E-state index contributed by atoms with van der Waals surface area (Å²) in [5.41, 5.74) is 0.956. The lowest BCUT2D eigenvalue weighted by Crippen LogP contribution is -2.08. The Labute approximate surface area is 87.1 Å². The highest BCUT2D eigenvalue weighted by molar-refractivity contribution is 5.81. The zero-order chi connectivity index (χ0) is 10.7. The van der Waals surface area contributed by atoms with E-state index in [4.69, 9.17) is 9.84 Å². The van der Waals surface area contributed by atoms with Gasteiger partial charge in [-0.1, -0.05) is 6.07 Å². The number of carbonyl (C=O) groups is 1. The molecule has 2 rings (SSSR count). The molecule has 1 aliphatic rings. The molecule has 2 N–H and O–H groups in total. The highest BCUT2D eigenvalue weighted by Crippen LogP contribution is 2.24. The molecule has 0 bridgehead atoms. The maximum absolute atomic E-state index is 10.3. The van der Waals surface area contributed by atoms with E-state index < -0.39 is 6.09 Å². The summed E-state index contributed by atoms with van der Waals surface area (Å²) in [7, 11) is 0. The fourth-order valence-corrected chi connectivity index (χ4v) is 1.14. The van der Waals surface area contributed by atoms with E-state index in [1.807, 2.05) is 0 Å². The number of ether oxygens (including phenoxy) is 1. The smallest absolute Gasteiger partial charge is 0.410 e. The van der Waals surface area contributed by atoms with E-state index in [0.29, 0.717) is 18.5 Å². The quantitative estimate of drug-likeness (QED) is 0.792. The first-order valence-electron chi connectivity index (χ1n) is 4.80. The molecule has 1 aromatic rings. The van der Waals surface area contributed by atoms with E-state index >= 15 is 0 Å². The number of nitrogens with one attached hydrogen (secondary N) is 1. The van der Waals surface area contributed by atoms with Gasteiger partial charge >= 0.3 is 6.09 Å². The predicted octanol–water partition coefficient (Wildman–Crippen LogP) is 1.85. The molecule has 1 heterocycles. The van der Waals surface area contributed by atoms with Gasteiger partial charge < -0.3 is 9.84 Å². The molecule has 80 valence electrons. The summed E-state index contributed by atoms with van der Waals surface area (Å²) in [6.45, 7) is 0.547. The number of amides is 1. The third-order valence-corrected chi connectivity index (χ3v) is 2.07. The van der Waals surface area contributed by atoms with Gasteiger partial charge in [-0.25, -0.2) is 9.78 Å². The minimum Gasteiger partial charge on any atom is -0.465 e.